The van der Waals surface area contributed by atoms with Crippen LogP contribution >= 0.6 is 12.4 Å². The molecule has 0 aliphatic heterocycles. The van der Waals surface area contributed by atoms with Crippen molar-refractivity contribution >= 4 is 24.0 Å². The number of hydrogen-bond donors (Lipinski definition) is 2. The first-order valence-corrected chi connectivity index (χ1v) is 7.38. The third-order valence-corrected chi connectivity index (χ3v) is 3.27. The molecule has 0 saturated carbocycles. The summed E-state index contributed by atoms with van der Waals surface area (Å²) in [7, 11) is 0. The molecule has 0 bridgehead atoms. The normalized spacial score (nSPS) is 11.5. The van der Waals surface area contributed by atoms with E-state index in [1.807, 2.05) is 45.0 Å². The summed E-state index contributed by atoms with van der Waals surface area (Å²) in [6, 6.07) is 14.6. The summed E-state index contributed by atoms with van der Waals surface area (Å²) in [5, 5.41) is 2.97. The molecule has 5 heteroatoms. The van der Waals surface area contributed by atoms with E-state index in [1.54, 1.807) is 24.3 Å². The maximum absolute atomic E-state index is 12.2. The van der Waals surface area contributed by atoms with E-state index in [4.69, 9.17) is 10.5 Å². The highest BCUT2D eigenvalue weighted by molar-refractivity contribution is 5.94. The Morgan fingerprint density at radius 3 is 2.09 bits per heavy atom. The number of halogens is 1. The molecule has 0 aromatic heterocycles. The molecule has 0 aliphatic rings. The molecule has 0 radical (unpaired) electrons. The molecule has 0 heterocycles. The highest BCUT2D eigenvalue weighted by Gasteiger charge is 2.11. The summed E-state index contributed by atoms with van der Waals surface area (Å²) in [5.41, 5.74) is 7.89. The second kappa shape index (κ2) is 8.44. The van der Waals surface area contributed by atoms with Gasteiger partial charge in [0.2, 0.25) is 0 Å². The van der Waals surface area contributed by atoms with Crippen LogP contribution in [0.3, 0.4) is 0 Å². The molecule has 2 aromatic rings. The number of amides is 1. The average Bonchev–Trinajstić information content (AvgIpc) is 2.48. The zero-order valence-electron chi connectivity index (χ0n) is 13.6. The van der Waals surface area contributed by atoms with Gasteiger partial charge in [0.05, 0.1) is 12.1 Å². The van der Waals surface area contributed by atoms with Crippen molar-refractivity contribution in [2.75, 3.05) is 5.73 Å². The Balaban J connectivity index is 0.00000264. The monoisotopic (exact) mass is 334 g/mol. The lowest BCUT2D eigenvalue weighted by atomic mass is 10.1. The van der Waals surface area contributed by atoms with E-state index in [0.717, 1.165) is 11.3 Å². The Morgan fingerprint density at radius 2 is 1.57 bits per heavy atom. The quantitative estimate of drug-likeness (QED) is 0.813. The number of carbonyl (C=O) groups is 1. The summed E-state index contributed by atoms with van der Waals surface area (Å²) < 4.78 is 5.61. The number of nitrogens with two attached hydrogens (primary N) is 1. The predicted octanol–water partition coefficient (Wildman–Crippen LogP) is 3.97. The van der Waals surface area contributed by atoms with Crippen LogP contribution in [0.5, 0.6) is 5.75 Å². The van der Waals surface area contributed by atoms with Gasteiger partial charge in [0, 0.05) is 11.3 Å². The third kappa shape index (κ3) is 5.49. The van der Waals surface area contributed by atoms with Crippen LogP contribution in [0.2, 0.25) is 0 Å². The van der Waals surface area contributed by atoms with Gasteiger partial charge in [-0.2, -0.15) is 0 Å². The van der Waals surface area contributed by atoms with Crippen LogP contribution in [-0.2, 0) is 0 Å². The summed E-state index contributed by atoms with van der Waals surface area (Å²) in [6.07, 6.45) is 0.147. The van der Waals surface area contributed by atoms with Gasteiger partial charge in [0.25, 0.3) is 5.91 Å². The zero-order chi connectivity index (χ0) is 16.1. The minimum Gasteiger partial charge on any atom is -0.491 e. The number of anilines is 1. The van der Waals surface area contributed by atoms with Gasteiger partial charge in [0.15, 0.2) is 0 Å². The molecule has 1 atom stereocenters. The fraction of sp³-hybridized carbons (Fsp3) is 0.278. The summed E-state index contributed by atoms with van der Waals surface area (Å²) in [6.45, 7) is 5.93. The molecule has 3 N–H and O–H groups in total. The van der Waals surface area contributed by atoms with Gasteiger partial charge in [-0.3, -0.25) is 4.79 Å². The maximum Gasteiger partial charge on any atom is 0.251 e. The zero-order valence-corrected chi connectivity index (χ0v) is 14.4. The molecular formula is C18H23ClN2O2. The van der Waals surface area contributed by atoms with E-state index in [1.165, 1.54) is 0 Å². The molecule has 4 nitrogen and oxygen atoms in total. The Morgan fingerprint density at radius 1 is 1.00 bits per heavy atom. The number of benzene rings is 2. The molecule has 2 aromatic carbocycles. The van der Waals surface area contributed by atoms with Crippen molar-refractivity contribution in [3.05, 3.63) is 59.7 Å². The van der Waals surface area contributed by atoms with E-state index in [-0.39, 0.29) is 30.5 Å². The van der Waals surface area contributed by atoms with E-state index < -0.39 is 0 Å². The van der Waals surface area contributed by atoms with Gasteiger partial charge in [-0.1, -0.05) is 12.1 Å². The first-order chi connectivity index (χ1) is 10.5. The molecule has 0 saturated heterocycles. The van der Waals surface area contributed by atoms with E-state index in [2.05, 4.69) is 5.32 Å². The largest absolute Gasteiger partial charge is 0.491 e. The predicted molar refractivity (Wildman–Crippen MR) is 96.2 cm³/mol. The van der Waals surface area contributed by atoms with Crippen molar-refractivity contribution < 1.29 is 9.53 Å². The smallest absolute Gasteiger partial charge is 0.251 e. The van der Waals surface area contributed by atoms with Crippen molar-refractivity contribution in [2.24, 2.45) is 0 Å². The van der Waals surface area contributed by atoms with Crippen molar-refractivity contribution in [3.63, 3.8) is 0 Å². The minimum absolute atomic E-state index is 0. The van der Waals surface area contributed by atoms with E-state index in [9.17, 15) is 4.79 Å². The third-order valence-electron chi connectivity index (χ3n) is 3.27. The van der Waals surface area contributed by atoms with Gasteiger partial charge in [-0.15, -0.1) is 12.4 Å². The van der Waals surface area contributed by atoms with Crippen LogP contribution in [0.15, 0.2) is 48.5 Å². The standard InChI is InChI=1S/C18H22N2O2.ClH/c1-12(2)22-17-10-6-14(7-11-17)13(3)20-18(21)15-4-8-16(19)9-5-15;/h4-13H,19H2,1-3H3,(H,20,21);1H. The van der Waals surface area contributed by atoms with E-state index >= 15 is 0 Å². The van der Waals surface area contributed by atoms with Gasteiger partial charge in [-0.25, -0.2) is 0 Å². The average molecular weight is 335 g/mol. The Labute approximate surface area is 143 Å². The summed E-state index contributed by atoms with van der Waals surface area (Å²) >= 11 is 0. The minimum atomic E-state index is -0.116. The molecule has 1 amide bonds. The van der Waals surface area contributed by atoms with Crippen LogP contribution < -0.4 is 15.8 Å². The Bertz CT molecular complexity index is 624. The first-order valence-electron chi connectivity index (χ1n) is 7.38. The molecule has 0 aliphatic carbocycles. The van der Waals surface area contributed by atoms with Gasteiger partial charge < -0.3 is 15.8 Å². The topological polar surface area (TPSA) is 64.3 Å². The van der Waals surface area contributed by atoms with Crippen LogP contribution in [0.4, 0.5) is 5.69 Å². The fourth-order valence-corrected chi connectivity index (χ4v) is 2.11. The summed E-state index contributed by atoms with van der Waals surface area (Å²) in [4.78, 5) is 12.2. The molecule has 0 spiro atoms. The molecule has 2 rings (SSSR count). The molecule has 124 valence electrons. The van der Waals surface area contributed by atoms with Crippen LogP contribution in [0, 0.1) is 0 Å². The fourth-order valence-electron chi connectivity index (χ4n) is 2.11. The number of nitrogen functional groups attached to an aromatic ring is 1. The van der Waals surface area contributed by atoms with Crippen molar-refractivity contribution in [2.45, 2.75) is 32.9 Å². The molecule has 1 unspecified atom stereocenters. The number of rotatable bonds is 5. The first kappa shape index (κ1) is 18.8. The van der Waals surface area contributed by atoms with Crippen LogP contribution in [0.1, 0.15) is 42.7 Å². The van der Waals surface area contributed by atoms with Crippen LogP contribution in [0.25, 0.3) is 0 Å². The second-order valence-electron chi connectivity index (χ2n) is 5.55. The van der Waals surface area contributed by atoms with Crippen molar-refractivity contribution in [1.29, 1.82) is 0 Å². The lowest BCUT2D eigenvalue weighted by Gasteiger charge is -2.16. The lowest BCUT2D eigenvalue weighted by Crippen LogP contribution is -2.26. The Hall–Kier alpha value is -2.20. The van der Waals surface area contributed by atoms with Crippen molar-refractivity contribution in [3.8, 4) is 5.75 Å². The summed E-state index contributed by atoms with van der Waals surface area (Å²) in [5.74, 6) is 0.714. The second-order valence-corrected chi connectivity index (χ2v) is 5.55. The van der Waals surface area contributed by atoms with Crippen LogP contribution in [-0.4, -0.2) is 12.0 Å². The number of hydrogen-bond acceptors (Lipinski definition) is 3. The van der Waals surface area contributed by atoms with Gasteiger partial charge >= 0.3 is 0 Å². The molecule has 0 fully saturated rings. The highest BCUT2D eigenvalue weighted by Crippen LogP contribution is 2.19. The SMILES string of the molecule is CC(C)Oc1ccc(C(C)NC(=O)c2ccc(N)cc2)cc1.Cl. The van der Waals surface area contributed by atoms with Crippen molar-refractivity contribution in [1.82, 2.24) is 5.32 Å². The number of nitrogens with one attached hydrogen (secondary N) is 1. The van der Waals surface area contributed by atoms with E-state index in [0.29, 0.717) is 11.3 Å². The molecular weight excluding hydrogens is 312 g/mol. The highest BCUT2D eigenvalue weighted by atomic mass is 35.5. The lowest BCUT2D eigenvalue weighted by molar-refractivity contribution is 0.0940. The molecule has 23 heavy (non-hydrogen) atoms. The van der Waals surface area contributed by atoms with Gasteiger partial charge in [0.1, 0.15) is 5.75 Å². The number of carbonyl (C=O) groups excluding carboxylic acids is 1. The number of ether oxygens (including phenoxy) is 1. The Kier molecular flexibility index (Phi) is 6.91. The van der Waals surface area contributed by atoms with Gasteiger partial charge in [-0.05, 0) is 62.7 Å². The maximum atomic E-state index is 12.2.